The zero-order valence-electron chi connectivity index (χ0n) is 9.32. The molecule has 0 aliphatic heterocycles. The largest absolute Gasteiger partial charge is 0.356 e. The zero-order valence-corrected chi connectivity index (χ0v) is 10.1. The highest BCUT2D eigenvalue weighted by Gasteiger charge is 1.98. The van der Waals surface area contributed by atoms with Gasteiger partial charge in [0.15, 0.2) is 0 Å². The molecular formula is C12H12ClNO4. The van der Waals surface area contributed by atoms with Crippen molar-refractivity contribution in [1.29, 1.82) is 0 Å². The monoisotopic (exact) mass is 269 g/mol. The summed E-state index contributed by atoms with van der Waals surface area (Å²) in [5.41, 5.74) is 2.24. The molecule has 0 aliphatic rings. The van der Waals surface area contributed by atoms with Crippen LogP contribution in [0.3, 0.4) is 0 Å². The van der Waals surface area contributed by atoms with E-state index in [-0.39, 0.29) is 0 Å². The minimum absolute atomic E-state index is 1.12. The van der Waals surface area contributed by atoms with Crippen LogP contribution in [0.4, 0.5) is 11.4 Å². The molecule has 0 aliphatic carbocycles. The van der Waals surface area contributed by atoms with Gasteiger partial charge in [-0.25, -0.2) is 0 Å². The summed E-state index contributed by atoms with van der Waals surface area (Å²) in [6.45, 7) is 0. The van der Waals surface area contributed by atoms with Crippen LogP contribution in [-0.2, 0) is 0 Å². The number of para-hydroxylation sites is 2. The lowest BCUT2D eigenvalue weighted by atomic mass is 10.3. The van der Waals surface area contributed by atoms with E-state index >= 15 is 0 Å². The van der Waals surface area contributed by atoms with Crippen molar-refractivity contribution in [2.45, 2.75) is 0 Å². The standard InChI is InChI=1S/C12H11N.ClHO4/c1-3-7-11(8-4-1)13-12-9-5-2-6-10-12;2-1(3,4)5/h1-10,13H;(H,2,3,4,5). The van der Waals surface area contributed by atoms with E-state index in [2.05, 4.69) is 5.32 Å². The Morgan fingerprint density at radius 2 is 1.00 bits per heavy atom. The average molecular weight is 270 g/mol. The van der Waals surface area contributed by atoms with Crippen LogP contribution in [-0.4, -0.2) is 4.66 Å². The highest BCUT2D eigenvalue weighted by atomic mass is 35.7. The minimum Gasteiger partial charge on any atom is -0.356 e. The van der Waals surface area contributed by atoms with Crippen LogP contribution in [0, 0.1) is 10.2 Å². The Labute approximate surface area is 107 Å². The van der Waals surface area contributed by atoms with Crippen molar-refractivity contribution in [1.82, 2.24) is 0 Å². The lowest BCUT2D eigenvalue weighted by Crippen LogP contribution is -2.58. The van der Waals surface area contributed by atoms with E-state index in [4.69, 9.17) is 18.6 Å². The number of halogens is 1. The second-order valence-electron chi connectivity index (χ2n) is 3.25. The van der Waals surface area contributed by atoms with Crippen LogP contribution in [0.25, 0.3) is 0 Å². The van der Waals surface area contributed by atoms with Crippen molar-refractivity contribution < 1.29 is 28.9 Å². The molecule has 2 aromatic rings. The van der Waals surface area contributed by atoms with Crippen LogP contribution in [0.2, 0.25) is 0 Å². The lowest BCUT2D eigenvalue weighted by molar-refractivity contribution is -1.92. The van der Waals surface area contributed by atoms with Crippen molar-refractivity contribution in [3.05, 3.63) is 60.7 Å². The molecule has 18 heavy (non-hydrogen) atoms. The van der Waals surface area contributed by atoms with Crippen LogP contribution < -0.4 is 19.3 Å². The smallest absolute Gasteiger partial charge is 0.0777 e. The van der Waals surface area contributed by atoms with Crippen molar-refractivity contribution in [2.75, 3.05) is 5.32 Å². The molecule has 2 rings (SSSR count). The third kappa shape index (κ3) is 7.61. The Balaban J connectivity index is 0.000000280. The summed E-state index contributed by atoms with van der Waals surface area (Å²) in [5.74, 6) is 0. The predicted octanol–water partition coefficient (Wildman–Crippen LogP) is -0.694. The quantitative estimate of drug-likeness (QED) is 0.751. The lowest BCUT2D eigenvalue weighted by Gasteiger charge is -2.04. The van der Waals surface area contributed by atoms with Gasteiger partial charge in [0.1, 0.15) is 0 Å². The first-order valence-corrected chi connectivity index (χ1v) is 6.22. The van der Waals surface area contributed by atoms with E-state index < -0.39 is 10.2 Å². The highest BCUT2D eigenvalue weighted by Crippen LogP contribution is 2.14. The fourth-order valence-corrected chi connectivity index (χ4v) is 1.21. The summed E-state index contributed by atoms with van der Waals surface area (Å²) in [6.07, 6.45) is 0. The molecule has 0 bridgehead atoms. The molecule has 0 radical (unpaired) electrons. The van der Waals surface area contributed by atoms with Gasteiger partial charge in [-0.05, 0) is 24.3 Å². The average Bonchev–Trinajstić information content (AvgIpc) is 2.29. The summed E-state index contributed by atoms with van der Waals surface area (Å²) in [4.78, 5) is 0. The maximum atomic E-state index is 8.60. The summed E-state index contributed by atoms with van der Waals surface area (Å²) in [6, 6.07) is 20.3. The van der Waals surface area contributed by atoms with Gasteiger partial charge in [-0.15, -0.1) is 0 Å². The van der Waals surface area contributed by atoms with Crippen molar-refractivity contribution in [3.63, 3.8) is 0 Å². The Kier molecular flexibility index (Phi) is 5.57. The van der Waals surface area contributed by atoms with Gasteiger partial charge < -0.3 is 5.32 Å². The van der Waals surface area contributed by atoms with E-state index in [0.717, 1.165) is 11.4 Å². The molecule has 0 amide bonds. The van der Waals surface area contributed by atoms with E-state index in [0.29, 0.717) is 0 Å². The Bertz CT molecular complexity index is 401. The van der Waals surface area contributed by atoms with Gasteiger partial charge in [-0.1, -0.05) is 36.4 Å². The zero-order chi connectivity index (χ0) is 13.4. The van der Waals surface area contributed by atoms with Crippen LogP contribution in [0.5, 0.6) is 0 Å². The molecule has 0 unspecified atom stereocenters. The number of benzene rings is 2. The van der Waals surface area contributed by atoms with Gasteiger partial charge in [0.05, 0.1) is 14.9 Å². The third-order valence-electron chi connectivity index (χ3n) is 1.84. The fourth-order valence-electron chi connectivity index (χ4n) is 1.21. The van der Waals surface area contributed by atoms with Gasteiger partial charge in [-0.2, -0.15) is 14.0 Å². The van der Waals surface area contributed by atoms with Crippen LogP contribution >= 0.6 is 0 Å². The minimum atomic E-state index is -4.69. The van der Waals surface area contributed by atoms with Crippen LogP contribution in [0.1, 0.15) is 0 Å². The molecule has 0 saturated carbocycles. The van der Waals surface area contributed by atoms with Gasteiger partial charge in [0, 0.05) is 11.4 Å². The molecule has 6 heteroatoms. The molecule has 2 aromatic carbocycles. The van der Waals surface area contributed by atoms with E-state index in [9.17, 15) is 0 Å². The van der Waals surface area contributed by atoms with Crippen molar-refractivity contribution in [2.24, 2.45) is 0 Å². The third-order valence-corrected chi connectivity index (χ3v) is 1.84. The topological polar surface area (TPSA) is 101 Å². The van der Waals surface area contributed by atoms with E-state index in [1.165, 1.54) is 0 Å². The molecule has 96 valence electrons. The Morgan fingerprint density at radius 1 is 0.722 bits per heavy atom. The van der Waals surface area contributed by atoms with Gasteiger partial charge in [0.2, 0.25) is 0 Å². The first-order valence-electron chi connectivity index (χ1n) is 4.95. The first-order chi connectivity index (χ1) is 8.45. The number of hydrogen-bond acceptors (Lipinski definition) is 5. The summed E-state index contributed by atoms with van der Waals surface area (Å²) < 4.78 is 32.7. The molecule has 0 saturated heterocycles. The van der Waals surface area contributed by atoms with Crippen molar-refractivity contribution >= 4 is 11.4 Å². The van der Waals surface area contributed by atoms with Crippen molar-refractivity contribution in [3.8, 4) is 0 Å². The van der Waals surface area contributed by atoms with Gasteiger partial charge in [0.25, 0.3) is 0 Å². The molecule has 0 aromatic heterocycles. The Morgan fingerprint density at radius 3 is 1.28 bits per heavy atom. The number of rotatable bonds is 2. The van der Waals surface area contributed by atoms with Gasteiger partial charge >= 0.3 is 0 Å². The maximum absolute atomic E-state index is 8.60. The highest BCUT2D eigenvalue weighted by molar-refractivity contribution is 5.58. The number of hydrogen-bond donors (Lipinski definition) is 2. The summed E-state index contributed by atoms with van der Waals surface area (Å²) >= 11 is 0. The predicted molar refractivity (Wildman–Crippen MR) is 58.4 cm³/mol. The molecular weight excluding hydrogens is 258 g/mol. The number of anilines is 2. The second-order valence-corrected chi connectivity index (χ2v) is 4.05. The number of nitrogens with one attached hydrogen (secondary N) is 1. The molecule has 0 spiro atoms. The Hall–Kier alpha value is -1.63. The molecule has 2 N–H and O–H groups in total. The first kappa shape index (κ1) is 14.4. The van der Waals surface area contributed by atoms with E-state index in [1.54, 1.807) is 0 Å². The summed E-state index contributed by atoms with van der Waals surface area (Å²) in [5, 5.41) is 3.30. The van der Waals surface area contributed by atoms with Crippen LogP contribution in [0.15, 0.2) is 60.7 Å². The normalized spacial score (nSPS) is 10.2. The molecule has 0 heterocycles. The SMILES string of the molecule is [O-][Cl+3]([O-])([O-])O.c1ccc(Nc2ccccc2)cc1. The molecule has 0 fully saturated rings. The van der Waals surface area contributed by atoms with E-state index in [1.807, 2.05) is 60.7 Å². The second kappa shape index (κ2) is 6.95. The fraction of sp³-hybridized carbons (Fsp3) is 0. The molecule has 0 atom stereocenters. The van der Waals surface area contributed by atoms with Gasteiger partial charge in [-0.3, -0.25) is 0 Å². The maximum Gasteiger partial charge on any atom is 0.0777 e. The summed E-state index contributed by atoms with van der Waals surface area (Å²) in [7, 11) is -4.69. The molecule has 5 nitrogen and oxygen atoms in total.